The van der Waals surface area contributed by atoms with Crippen LogP contribution in [-0.2, 0) is 6.54 Å². The number of aromatic nitrogens is 1. The Morgan fingerprint density at radius 2 is 1.95 bits per heavy atom. The first-order valence-corrected chi connectivity index (χ1v) is 7.52. The van der Waals surface area contributed by atoms with Crippen LogP contribution < -0.4 is 4.90 Å². The molecular weight excluding hydrogens is 316 g/mol. The molecule has 1 unspecified atom stereocenters. The van der Waals surface area contributed by atoms with E-state index in [0.29, 0.717) is 0 Å². The van der Waals surface area contributed by atoms with Crippen molar-refractivity contribution >= 4 is 21.6 Å². The molecule has 0 bridgehead atoms. The molecule has 0 amide bonds. The number of aliphatic hydroxyl groups is 1. The number of rotatable bonds is 5. The van der Waals surface area contributed by atoms with E-state index < -0.39 is 6.10 Å². The molecule has 0 radical (unpaired) electrons. The molecule has 20 heavy (non-hydrogen) atoms. The summed E-state index contributed by atoms with van der Waals surface area (Å²) in [5, 5.41) is 9.98. The van der Waals surface area contributed by atoms with Crippen molar-refractivity contribution in [3.8, 4) is 0 Å². The maximum Gasteiger partial charge on any atom is 0.0782 e. The third kappa shape index (κ3) is 3.58. The molecule has 1 N–H and O–H groups in total. The molecule has 0 saturated carbocycles. The van der Waals surface area contributed by atoms with Gasteiger partial charge in [0, 0.05) is 41.2 Å². The molecule has 2 aromatic rings. The number of benzene rings is 1. The summed E-state index contributed by atoms with van der Waals surface area (Å²) in [6.07, 6.45) is 3.12. The maximum atomic E-state index is 9.98. The molecule has 1 aromatic carbocycles. The van der Waals surface area contributed by atoms with Crippen LogP contribution in [0.2, 0.25) is 0 Å². The van der Waals surface area contributed by atoms with Gasteiger partial charge in [0.1, 0.15) is 0 Å². The highest BCUT2D eigenvalue weighted by molar-refractivity contribution is 9.10. The van der Waals surface area contributed by atoms with Crippen LogP contribution in [0.25, 0.3) is 0 Å². The van der Waals surface area contributed by atoms with E-state index in [0.717, 1.165) is 28.8 Å². The van der Waals surface area contributed by atoms with E-state index in [9.17, 15) is 5.11 Å². The Morgan fingerprint density at radius 1 is 1.25 bits per heavy atom. The fourth-order valence-corrected chi connectivity index (χ4v) is 2.60. The normalized spacial score (nSPS) is 12.2. The summed E-state index contributed by atoms with van der Waals surface area (Å²) < 4.78 is 0.983. The van der Waals surface area contributed by atoms with Crippen LogP contribution in [-0.4, -0.2) is 16.6 Å². The van der Waals surface area contributed by atoms with E-state index in [1.165, 1.54) is 5.56 Å². The molecule has 3 nitrogen and oxygen atoms in total. The predicted molar refractivity (Wildman–Crippen MR) is 85.7 cm³/mol. The Kier molecular flexibility index (Phi) is 5.15. The minimum atomic E-state index is -0.492. The Balaban J connectivity index is 2.32. The van der Waals surface area contributed by atoms with Gasteiger partial charge in [-0.05, 0) is 49.7 Å². The minimum Gasteiger partial charge on any atom is -0.389 e. The Hall–Kier alpha value is -1.39. The molecule has 1 aromatic heterocycles. The number of pyridine rings is 1. The standard InChI is InChI=1S/C16H19BrN2O/c1-3-19(11-13-6-8-18-9-7-13)16-5-4-14(17)10-15(16)12(2)20/h4-10,12,20H,3,11H2,1-2H3. The van der Waals surface area contributed by atoms with Gasteiger partial charge in [0.15, 0.2) is 0 Å². The van der Waals surface area contributed by atoms with Crippen LogP contribution in [0.5, 0.6) is 0 Å². The van der Waals surface area contributed by atoms with Crippen LogP contribution in [0.3, 0.4) is 0 Å². The largest absolute Gasteiger partial charge is 0.389 e. The summed E-state index contributed by atoms with van der Waals surface area (Å²) in [7, 11) is 0. The highest BCUT2D eigenvalue weighted by Gasteiger charge is 2.14. The lowest BCUT2D eigenvalue weighted by atomic mass is 10.1. The van der Waals surface area contributed by atoms with Crippen LogP contribution in [0.4, 0.5) is 5.69 Å². The van der Waals surface area contributed by atoms with E-state index in [1.807, 2.05) is 24.3 Å². The van der Waals surface area contributed by atoms with Crippen LogP contribution in [0.15, 0.2) is 47.2 Å². The lowest BCUT2D eigenvalue weighted by Gasteiger charge is -2.27. The van der Waals surface area contributed by atoms with E-state index >= 15 is 0 Å². The zero-order valence-corrected chi connectivity index (χ0v) is 13.3. The average Bonchev–Trinajstić information content (AvgIpc) is 2.46. The molecule has 0 spiro atoms. The molecule has 0 fully saturated rings. The number of aliphatic hydroxyl groups excluding tert-OH is 1. The third-order valence-electron chi connectivity index (χ3n) is 3.28. The number of halogens is 1. The second-order valence-electron chi connectivity index (χ2n) is 4.75. The molecular formula is C16H19BrN2O. The SMILES string of the molecule is CCN(Cc1ccncc1)c1ccc(Br)cc1C(C)O. The van der Waals surface area contributed by atoms with Crippen LogP contribution in [0, 0.1) is 0 Å². The summed E-state index contributed by atoms with van der Waals surface area (Å²) in [5.41, 5.74) is 3.22. The van der Waals surface area contributed by atoms with Crippen LogP contribution in [0.1, 0.15) is 31.1 Å². The van der Waals surface area contributed by atoms with Crippen molar-refractivity contribution < 1.29 is 5.11 Å². The molecule has 0 saturated heterocycles. The maximum absolute atomic E-state index is 9.98. The quantitative estimate of drug-likeness (QED) is 0.900. The van der Waals surface area contributed by atoms with E-state index in [-0.39, 0.29) is 0 Å². The highest BCUT2D eigenvalue weighted by Crippen LogP contribution is 2.30. The highest BCUT2D eigenvalue weighted by atomic mass is 79.9. The molecule has 1 atom stereocenters. The first-order chi connectivity index (χ1) is 9.61. The van der Waals surface area contributed by atoms with Gasteiger partial charge in [-0.2, -0.15) is 0 Å². The average molecular weight is 335 g/mol. The fraction of sp³-hybridized carbons (Fsp3) is 0.312. The zero-order chi connectivity index (χ0) is 14.5. The number of nitrogens with zero attached hydrogens (tertiary/aromatic N) is 2. The number of anilines is 1. The second kappa shape index (κ2) is 6.86. The lowest BCUT2D eigenvalue weighted by Crippen LogP contribution is -2.23. The van der Waals surface area contributed by atoms with Gasteiger partial charge >= 0.3 is 0 Å². The van der Waals surface area contributed by atoms with Gasteiger partial charge in [0.25, 0.3) is 0 Å². The summed E-state index contributed by atoms with van der Waals surface area (Å²) in [6, 6.07) is 10.1. The van der Waals surface area contributed by atoms with E-state index in [4.69, 9.17) is 0 Å². The molecule has 0 aliphatic heterocycles. The van der Waals surface area contributed by atoms with Crippen molar-refractivity contribution in [2.75, 3.05) is 11.4 Å². The van der Waals surface area contributed by atoms with E-state index in [1.54, 1.807) is 19.3 Å². The minimum absolute atomic E-state index is 0.492. The van der Waals surface area contributed by atoms with Gasteiger partial charge in [-0.3, -0.25) is 4.98 Å². The summed E-state index contributed by atoms with van der Waals surface area (Å²) in [6.45, 7) is 5.60. The van der Waals surface area contributed by atoms with Crippen molar-refractivity contribution in [1.29, 1.82) is 0 Å². The van der Waals surface area contributed by atoms with Crippen molar-refractivity contribution in [2.45, 2.75) is 26.5 Å². The molecule has 2 rings (SSSR count). The van der Waals surface area contributed by atoms with Crippen molar-refractivity contribution in [3.63, 3.8) is 0 Å². The topological polar surface area (TPSA) is 36.4 Å². The smallest absolute Gasteiger partial charge is 0.0782 e. The number of hydrogen-bond donors (Lipinski definition) is 1. The molecule has 0 aliphatic rings. The van der Waals surface area contributed by atoms with Gasteiger partial charge < -0.3 is 10.0 Å². The molecule has 0 aliphatic carbocycles. The Bertz CT molecular complexity index is 558. The van der Waals surface area contributed by atoms with Gasteiger partial charge in [0.2, 0.25) is 0 Å². The second-order valence-corrected chi connectivity index (χ2v) is 5.66. The zero-order valence-electron chi connectivity index (χ0n) is 11.8. The first kappa shape index (κ1) is 15.0. The van der Waals surface area contributed by atoms with E-state index in [2.05, 4.69) is 38.8 Å². The van der Waals surface area contributed by atoms with Crippen LogP contribution >= 0.6 is 15.9 Å². The predicted octanol–water partition coefficient (Wildman–Crippen LogP) is 3.92. The Labute approximate surface area is 128 Å². The molecule has 4 heteroatoms. The summed E-state index contributed by atoms with van der Waals surface area (Å²) in [5.74, 6) is 0. The third-order valence-corrected chi connectivity index (χ3v) is 3.78. The lowest BCUT2D eigenvalue weighted by molar-refractivity contribution is 0.199. The fourth-order valence-electron chi connectivity index (χ4n) is 2.22. The van der Waals surface area contributed by atoms with Gasteiger partial charge in [-0.25, -0.2) is 0 Å². The van der Waals surface area contributed by atoms with Gasteiger partial charge in [-0.15, -0.1) is 0 Å². The van der Waals surface area contributed by atoms with Gasteiger partial charge in [-0.1, -0.05) is 15.9 Å². The Morgan fingerprint density at radius 3 is 2.55 bits per heavy atom. The monoisotopic (exact) mass is 334 g/mol. The summed E-state index contributed by atoms with van der Waals surface area (Å²) >= 11 is 3.46. The van der Waals surface area contributed by atoms with Crippen molar-refractivity contribution in [1.82, 2.24) is 4.98 Å². The van der Waals surface area contributed by atoms with Crippen molar-refractivity contribution in [2.24, 2.45) is 0 Å². The molecule has 106 valence electrons. The first-order valence-electron chi connectivity index (χ1n) is 6.73. The summed E-state index contributed by atoms with van der Waals surface area (Å²) in [4.78, 5) is 6.30. The van der Waals surface area contributed by atoms with Crippen molar-refractivity contribution in [3.05, 3.63) is 58.3 Å². The van der Waals surface area contributed by atoms with Gasteiger partial charge in [0.05, 0.1) is 6.10 Å². The molecule has 1 heterocycles. The number of hydrogen-bond acceptors (Lipinski definition) is 3.